The van der Waals surface area contributed by atoms with Crippen LogP contribution in [0.1, 0.15) is 22.3 Å². The molecular formula is C45H27N3. The SMILES string of the molecule is c1ccc2c(c1)-c1ccccc1C21c2cc3ccccc3cc2-c2c1cc(-c1ccc(-c3cn4cccnc4n3)cc1)c1ccccc21. The third kappa shape index (κ3) is 3.27. The molecule has 2 aromatic heterocycles. The van der Waals surface area contributed by atoms with Gasteiger partial charge in [-0.15, -0.1) is 0 Å². The predicted octanol–water partition coefficient (Wildman–Crippen LogP) is 10.7. The highest BCUT2D eigenvalue weighted by molar-refractivity contribution is 6.12. The summed E-state index contributed by atoms with van der Waals surface area (Å²) in [6.07, 6.45) is 5.81. The van der Waals surface area contributed by atoms with E-state index >= 15 is 0 Å². The summed E-state index contributed by atoms with van der Waals surface area (Å²) in [5.74, 6) is 0.704. The molecule has 11 rings (SSSR count). The first-order valence-corrected chi connectivity index (χ1v) is 16.5. The first-order valence-electron chi connectivity index (χ1n) is 16.5. The van der Waals surface area contributed by atoms with Crippen molar-refractivity contribution in [2.75, 3.05) is 0 Å². The van der Waals surface area contributed by atoms with E-state index in [4.69, 9.17) is 4.98 Å². The van der Waals surface area contributed by atoms with Crippen LogP contribution in [0.4, 0.5) is 0 Å². The van der Waals surface area contributed by atoms with Crippen molar-refractivity contribution in [3.05, 3.63) is 186 Å². The molecule has 222 valence electrons. The molecule has 3 nitrogen and oxygen atoms in total. The van der Waals surface area contributed by atoms with E-state index in [1.165, 1.54) is 77.2 Å². The number of imidazole rings is 1. The molecule has 0 atom stereocenters. The third-order valence-electron chi connectivity index (χ3n) is 10.7. The Morgan fingerprint density at radius 2 is 1.12 bits per heavy atom. The minimum absolute atomic E-state index is 0.426. The number of rotatable bonds is 2. The van der Waals surface area contributed by atoms with Crippen molar-refractivity contribution in [2.24, 2.45) is 0 Å². The van der Waals surface area contributed by atoms with Crippen LogP contribution in [-0.2, 0) is 5.41 Å². The van der Waals surface area contributed by atoms with E-state index < -0.39 is 5.41 Å². The van der Waals surface area contributed by atoms with Crippen LogP contribution in [0.5, 0.6) is 0 Å². The Bertz CT molecular complexity index is 2710. The molecule has 0 saturated heterocycles. The topological polar surface area (TPSA) is 30.2 Å². The standard InChI is InChI=1S/C45H27N3/c1-2-11-31-25-40-37(24-30(31)10-1)43-35-15-4-3-12-32(35)36(28-18-20-29(21-19-28)42-27-48-23-9-22-46-44(48)47-42)26-41(43)45(40)38-16-7-5-13-33(38)34-14-6-8-17-39(34)45/h1-27H. The van der Waals surface area contributed by atoms with E-state index in [0.717, 1.165) is 11.3 Å². The van der Waals surface area contributed by atoms with Crippen LogP contribution < -0.4 is 0 Å². The van der Waals surface area contributed by atoms with Gasteiger partial charge >= 0.3 is 0 Å². The second-order valence-electron chi connectivity index (χ2n) is 13.0. The molecule has 2 aliphatic rings. The zero-order chi connectivity index (χ0) is 31.4. The summed E-state index contributed by atoms with van der Waals surface area (Å²) in [7, 11) is 0. The lowest BCUT2D eigenvalue weighted by Gasteiger charge is -2.31. The lowest BCUT2D eigenvalue weighted by Crippen LogP contribution is -2.26. The van der Waals surface area contributed by atoms with Gasteiger partial charge in [-0.3, -0.25) is 4.40 Å². The first kappa shape index (κ1) is 25.8. The fourth-order valence-electron chi connectivity index (χ4n) is 8.71. The van der Waals surface area contributed by atoms with Crippen LogP contribution in [0, 0.1) is 0 Å². The monoisotopic (exact) mass is 609 g/mol. The average molecular weight is 610 g/mol. The zero-order valence-corrected chi connectivity index (χ0v) is 25.9. The molecule has 0 amide bonds. The molecule has 1 spiro atoms. The molecule has 0 bridgehead atoms. The van der Waals surface area contributed by atoms with Crippen molar-refractivity contribution in [1.29, 1.82) is 0 Å². The van der Waals surface area contributed by atoms with E-state index in [0.29, 0.717) is 5.78 Å². The van der Waals surface area contributed by atoms with E-state index in [2.05, 4.69) is 145 Å². The van der Waals surface area contributed by atoms with Gasteiger partial charge in [0.1, 0.15) is 0 Å². The van der Waals surface area contributed by atoms with Crippen molar-refractivity contribution in [2.45, 2.75) is 5.41 Å². The molecule has 0 aliphatic heterocycles. The number of benzene rings is 7. The minimum Gasteiger partial charge on any atom is -0.291 e. The zero-order valence-electron chi connectivity index (χ0n) is 25.9. The van der Waals surface area contributed by atoms with Crippen LogP contribution >= 0.6 is 0 Å². The van der Waals surface area contributed by atoms with Gasteiger partial charge in [0, 0.05) is 24.2 Å². The molecule has 7 aromatic carbocycles. The van der Waals surface area contributed by atoms with Gasteiger partial charge in [0.2, 0.25) is 5.78 Å². The van der Waals surface area contributed by atoms with Crippen LogP contribution in [-0.4, -0.2) is 14.4 Å². The maximum absolute atomic E-state index is 4.77. The number of aromatic nitrogens is 3. The maximum Gasteiger partial charge on any atom is 0.234 e. The highest BCUT2D eigenvalue weighted by atomic mass is 15.1. The summed E-state index contributed by atoms with van der Waals surface area (Å²) >= 11 is 0. The second-order valence-corrected chi connectivity index (χ2v) is 13.0. The summed E-state index contributed by atoms with van der Waals surface area (Å²) in [4.78, 5) is 9.18. The lowest BCUT2D eigenvalue weighted by molar-refractivity contribution is 0.796. The molecule has 2 heterocycles. The maximum atomic E-state index is 4.77. The quantitative estimate of drug-likeness (QED) is 0.195. The van der Waals surface area contributed by atoms with E-state index in [1.54, 1.807) is 6.20 Å². The molecule has 0 N–H and O–H groups in total. The first-order chi connectivity index (χ1) is 23.8. The van der Waals surface area contributed by atoms with E-state index in [-0.39, 0.29) is 0 Å². The number of hydrogen-bond donors (Lipinski definition) is 0. The normalized spacial score (nSPS) is 13.6. The fraction of sp³-hybridized carbons (Fsp3) is 0.0222. The predicted molar refractivity (Wildman–Crippen MR) is 195 cm³/mol. The van der Waals surface area contributed by atoms with E-state index in [9.17, 15) is 0 Å². The molecule has 2 aliphatic carbocycles. The Morgan fingerprint density at radius 3 is 1.88 bits per heavy atom. The molecular weight excluding hydrogens is 583 g/mol. The number of nitrogens with zero attached hydrogens (tertiary/aromatic N) is 3. The summed E-state index contributed by atoms with van der Waals surface area (Å²) < 4.78 is 1.97. The molecule has 0 radical (unpaired) electrons. The van der Waals surface area contributed by atoms with Gasteiger partial charge in [0.25, 0.3) is 0 Å². The van der Waals surface area contributed by atoms with Crippen molar-refractivity contribution < 1.29 is 0 Å². The van der Waals surface area contributed by atoms with Gasteiger partial charge in [-0.1, -0.05) is 121 Å². The third-order valence-corrected chi connectivity index (χ3v) is 10.7. The number of hydrogen-bond acceptors (Lipinski definition) is 2. The largest absolute Gasteiger partial charge is 0.291 e. The molecule has 0 saturated carbocycles. The van der Waals surface area contributed by atoms with Gasteiger partial charge in [-0.05, 0) is 101 Å². The smallest absolute Gasteiger partial charge is 0.234 e. The van der Waals surface area contributed by atoms with Gasteiger partial charge < -0.3 is 0 Å². The van der Waals surface area contributed by atoms with Gasteiger partial charge in [0.05, 0.1) is 11.1 Å². The Morgan fingerprint density at radius 1 is 0.479 bits per heavy atom. The summed E-state index contributed by atoms with van der Waals surface area (Å²) in [6.45, 7) is 0. The summed E-state index contributed by atoms with van der Waals surface area (Å²) in [6, 6.07) is 54.1. The van der Waals surface area contributed by atoms with Crippen LogP contribution in [0.3, 0.4) is 0 Å². The highest BCUT2D eigenvalue weighted by Gasteiger charge is 2.52. The molecule has 0 fully saturated rings. The van der Waals surface area contributed by atoms with Crippen LogP contribution in [0.25, 0.3) is 72.0 Å². The second kappa shape index (κ2) is 9.37. The lowest BCUT2D eigenvalue weighted by atomic mass is 9.69. The highest BCUT2D eigenvalue weighted by Crippen LogP contribution is 2.64. The molecule has 48 heavy (non-hydrogen) atoms. The van der Waals surface area contributed by atoms with E-state index in [1.807, 2.05) is 22.9 Å². The Hall–Kier alpha value is -6.32. The fourth-order valence-corrected chi connectivity index (χ4v) is 8.71. The van der Waals surface area contributed by atoms with Crippen molar-refractivity contribution in [3.63, 3.8) is 0 Å². The summed E-state index contributed by atoms with van der Waals surface area (Å²) in [5, 5.41) is 5.09. The van der Waals surface area contributed by atoms with Crippen molar-refractivity contribution in [1.82, 2.24) is 14.4 Å². The average Bonchev–Trinajstić information content (AvgIpc) is 3.80. The van der Waals surface area contributed by atoms with Gasteiger partial charge in [0.15, 0.2) is 0 Å². The molecule has 9 aromatic rings. The Kier molecular flexibility index (Phi) is 5.04. The van der Waals surface area contributed by atoms with Crippen LogP contribution in [0.2, 0.25) is 0 Å². The van der Waals surface area contributed by atoms with Crippen molar-refractivity contribution in [3.8, 4) is 44.6 Å². The minimum atomic E-state index is -0.426. The Balaban J connectivity index is 1.22. The Labute approximate surface area is 277 Å². The van der Waals surface area contributed by atoms with Gasteiger partial charge in [-0.25, -0.2) is 9.97 Å². The summed E-state index contributed by atoms with van der Waals surface area (Å²) in [5.41, 5.74) is 14.7. The molecule has 0 unspecified atom stereocenters. The van der Waals surface area contributed by atoms with Crippen LogP contribution in [0.15, 0.2) is 164 Å². The molecule has 3 heteroatoms. The number of fused-ring (bicyclic) bond motifs is 14. The van der Waals surface area contributed by atoms with Crippen molar-refractivity contribution >= 4 is 27.3 Å². The van der Waals surface area contributed by atoms with Gasteiger partial charge in [-0.2, -0.15) is 0 Å².